The second kappa shape index (κ2) is 7.76. The van der Waals surface area contributed by atoms with Gasteiger partial charge in [-0.3, -0.25) is 4.79 Å². The molecule has 0 saturated carbocycles. The summed E-state index contributed by atoms with van der Waals surface area (Å²) < 4.78 is 1.26. The maximum absolute atomic E-state index is 12.4. The van der Waals surface area contributed by atoms with Crippen LogP contribution in [-0.4, -0.2) is 24.0 Å². The maximum Gasteiger partial charge on any atom is 0.223 e. The molecule has 1 amide bonds. The number of carbonyl (C=O) groups excluding carboxylic acids is 1. The fraction of sp³-hybridized carbons (Fsp3) is 0.400. The molecule has 0 bridgehead atoms. The lowest BCUT2D eigenvalue weighted by molar-refractivity contribution is -0.125. The highest BCUT2D eigenvalue weighted by molar-refractivity contribution is 7.22. The number of amides is 1. The molecule has 1 aliphatic rings. The van der Waals surface area contributed by atoms with Crippen molar-refractivity contribution >= 4 is 43.9 Å². The van der Waals surface area contributed by atoms with Gasteiger partial charge in [0.25, 0.3) is 0 Å². The second-order valence-electron chi connectivity index (χ2n) is 6.71. The van der Waals surface area contributed by atoms with Gasteiger partial charge in [0.05, 0.1) is 16.8 Å². The van der Waals surface area contributed by atoms with Crippen molar-refractivity contribution in [1.29, 1.82) is 0 Å². The molecule has 3 heterocycles. The first-order valence-corrected chi connectivity index (χ1v) is 10.9. The molecule has 26 heavy (non-hydrogen) atoms. The Hall–Kier alpha value is -1.92. The Labute approximate surface area is 161 Å². The number of anilines is 1. The van der Waals surface area contributed by atoms with E-state index in [4.69, 9.17) is 4.98 Å². The first-order valence-electron chi connectivity index (χ1n) is 9.17. The minimum Gasteiger partial charge on any atom is -0.351 e. The molecule has 0 radical (unpaired) electrons. The third-order valence-corrected chi connectivity index (χ3v) is 6.96. The van der Waals surface area contributed by atoms with Gasteiger partial charge in [0.2, 0.25) is 5.91 Å². The topological polar surface area (TPSA) is 45.2 Å². The lowest BCUT2D eigenvalue weighted by Gasteiger charge is -2.31. The molecule has 3 aromatic rings. The second-order valence-corrected chi connectivity index (χ2v) is 8.75. The Bertz CT molecular complexity index is 880. The standard InChI is InChI=1S/C20H23N3OS2/c1-2-14-5-6-17-18(12-14)26-20(22-17)23-9-7-15(8-10-23)19(24)21-13-16-4-3-11-25-16/h3-6,11-12,15H,2,7-10,13H2,1H3,(H,21,24). The van der Waals surface area contributed by atoms with E-state index in [0.29, 0.717) is 6.54 Å². The predicted molar refractivity (Wildman–Crippen MR) is 110 cm³/mol. The highest BCUT2D eigenvalue weighted by Gasteiger charge is 2.26. The minimum absolute atomic E-state index is 0.118. The van der Waals surface area contributed by atoms with Gasteiger partial charge in [-0.05, 0) is 48.4 Å². The number of thiazole rings is 1. The van der Waals surface area contributed by atoms with E-state index in [1.165, 1.54) is 15.1 Å². The van der Waals surface area contributed by atoms with E-state index in [9.17, 15) is 4.79 Å². The SMILES string of the molecule is CCc1ccc2nc(N3CCC(C(=O)NCc4cccs4)CC3)sc2c1. The number of thiophene rings is 1. The molecule has 1 saturated heterocycles. The van der Waals surface area contributed by atoms with E-state index in [0.717, 1.165) is 43.0 Å². The van der Waals surface area contributed by atoms with E-state index in [2.05, 4.69) is 41.4 Å². The van der Waals surface area contributed by atoms with E-state index in [-0.39, 0.29) is 11.8 Å². The fourth-order valence-electron chi connectivity index (χ4n) is 3.38. The molecule has 0 spiro atoms. The van der Waals surface area contributed by atoms with Gasteiger partial charge in [0.15, 0.2) is 5.13 Å². The molecular formula is C20H23N3OS2. The van der Waals surface area contributed by atoms with Crippen LogP contribution in [0.1, 0.15) is 30.2 Å². The number of piperidine rings is 1. The summed E-state index contributed by atoms with van der Waals surface area (Å²) in [6.45, 7) is 4.63. The fourth-order valence-corrected chi connectivity index (χ4v) is 5.10. The normalized spacial score (nSPS) is 15.5. The Morgan fingerprint density at radius 1 is 1.31 bits per heavy atom. The number of fused-ring (bicyclic) bond motifs is 1. The van der Waals surface area contributed by atoms with E-state index in [1.54, 1.807) is 22.7 Å². The zero-order valence-corrected chi connectivity index (χ0v) is 16.5. The van der Waals surface area contributed by atoms with Crippen molar-refractivity contribution < 1.29 is 4.79 Å². The zero-order valence-electron chi connectivity index (χ0n) is 14.9. The summed E-state index contributed by atoms with van der Waals surface area (Å²) in [6.07, 6.45) is 2.84. The highest BCUT2D eigenvalue weighted by Crippen LogP contribution is 2.32. The Morgan fingerprint density at radius 3 is 2.88 bits per heavy atom. The number of aromatic nitrogens is 1. The predicted octanol–water partition coefficient (Wildman–Crippen LogP) is 4.45. The maximum atomic E-state index is 12.4. The summed E-state index contributed by atoms with van der Waals surface area (Å²) in [6, 6.07) is 10.6. The van der Waals surface area contributed by atoms with Crippen LogP contribution in [0.25, 0.3) is 10.2 Å². The summed E-state index contributed by atoms with van der Waals surface area (Å²) in [7, 11) is 0. The number of carbonyl (C=O) groups is 1. The molecular weight excluding hydrogens is 362 g/mol. The van der Waals surface area contributed by atoms with Crippen LogP contribution in [0.3, 0.4) is 0 Å². The van der Waals surface area contributed by atoms with Crippen molar-refractivity contribution in [3.63, 3.8) is 0 Å². The van der Waals surface area contributed by atoms with Crippen molar-refractivity contribution in [2.75, 3.05) is 18.0 Å². The number of rotatable bonds is 5. The van der Waals surface area contributed by atoms with Crippen LogP contribution < -0.4 is 10.2 Å². The molecule has 1 aromatic carbocycles. The Morgan fingerprint density at radius 2 is 2.15 bits per heavy atom. The third kappa shape index (κ3) is 3.76. The van der Waals surface area contributed by atoms with Gasteiger partial charge < -0.3 is 10.2 Å². The van der Waals surface area contributed by atoms with Gasteiger partial charge in [-0.2, -0.15) is 0 Å². The van der Waals surface area contributed by atoms with Crippen LogP contribution in [0.4, 0.5) is 5.13 Å². The van der Waals surface area contributed by atoms with Crippen LogP contribution in [0, 0.1) is 5.92 Å². The lowest BCUT2D eigenvalue weighted by atomic mass is 9.96. The first-order chi connectivity index (χ1) is 12.7. The monoisotopic (exact) mass is 385 g/mol. The molecule has 1 fully saturated rings. The molecule has 2 aromatic heterocycles. The highest BCUT2D eigenvalue weighted by atomic mass is 32.1. The molecule has 136 valence electrons. The number of hydrogen-bond acceptors (Lipinski definition) is 5. The Kier molecular flexibility index (Phi) is 5.22. The van der Waals surface area contributed by atoms with Gasteiger partial charge in [0.1, 0.15) is 0 Å². The molecule has 0 unspecified atom stereocenters. The molecule has 6 heteroatoms. The van der Waals surface area contributed by atoms with E-state index < -0.39 is 0 Å². The van der Waals surface area contributed by atoms with Crippen LogP contribution in [0.15, 0.2) is 35.7 Å². The van der Waals surface area contributed by atoms with Crippen molar-refractivity contribution in [3.05, 3.63) is 46.2 Å². The van der Waals surface area contributed by atoms with Crippen molar-refractivity contribution in [1.82, 2.24) is 10.3 Å². The number of hydrogen-bond donors (Lipinski definition) is 1. The quantitative estimate of drug-likeness (QED) is 0.706. The average molecular weight is 386 g/mol. The third-order valence-electron chi connectivity index (χ3n) is 5.00. The van der Waals surface area contributed by atoms with Crippen LogP contribution >= 0.6 is 22.7 Å². The molecule has 4 nitrogen and oxygen atoms in total. The van der Waals surface area contributed by atoms with Crippen molar-refractivity contribution in [2.45, 2.75) is 32.7 Å². The van der Waals surface area contributed by atoms with E-state index >= 15 is 0 Å². The van der Waals surface area contributed by atoms with Crippen LogP contribution in [0.2, 0.25) is 0 Å². The van der Waals surface area contributed by atoms with Crippen LogP contribution in [-0.2, 0) is 17.8 Å². The van der Waals surface area contributed by atoms with Crippen molar-refractivity contribution in [2.24, 2.45) is 5.92 Å². The van der Waals surface area contributed by atoms with Gasteiger partial charge in [-0.15, -0.1) is 11.3 Å². The van der Waals surface area contributed by atoms with Gasteiger partial charge in [-0.25, -0.2) is 4.98 Å². The summed E-state index contributed by atoms with van der Waals surface area (Å²) in [5, 5.41) is 6.22. The molecule has 1 N–H and O–H groups in total. The summed E-state index contributed by atoms with van der Waals surface area (Å²) in [4.78, 5) is 20.7. The molecule has 4 rings (SSSR count). The van der Waals surface area contributed by atoms with E-state index in [1.807, 2.05) is 11.4 Å². The number of aryl methyl sites for hydroxylation is 1. The van der Waals surface area contributed by atoms with Crippen molar-refractivity contribution in [3.8, 4) is 0 Å². The average Bonchev–Trinajstić information content (AvgIpc) is 3.35. The molecule has 0 aliphatic carbocycles. The first kappa shape index (κ1) is 17.5. The number of benzene rings is 1. The molecule has 1 aliphatic heterocycles. The van der Waals surface area contributed by atoms with Gasteiger partial charge >= 0.3 is 0 Å². The number of nitrogens with one attached hydrogen (secondary N) is 1. The summed E-state index contributed by atoms with van der Waals surface area (Å²) in [5.74, 6) is 0.308. The molecule has 0 atom stereocenters. The minimum atomic E-state index is 0.118. The summed E-state index contributed by atoms with van der Waals surface area (Å²) in [5.41, 5.74) is 2.44. The smallest absolute Gasteiger partial charge is 0.223 e. The van der Waals surface area contributed by atoms with Gasteiger partial charge in [0, 0.05) is 23.9 Å². The van der Waals surface area contributed by atoms with Crippen LogP contribution in [0.5, 0.6) is 0 Å². The zero-order chi connectivity index (χ0) is 17.9. The lowest BCUT2D eigenvalue weighted by Crippen LogP contribution is -2.40. The number of nitrogens with zero attached hydrogens (tertiary/aromatic N) is 2. The summed E-state index contributed by atoms with van der Waals surface area (Å²) >= 11 is 3.45. The van der Waals surface area contributed by atoms with Gasteiger partial charge in [-0.1, -0.05) is 30.4 Å². The largest absolute Gasteiger partial charge is 0.351 e. The Balaban J connectivity index is 1.35.